The van der Waals surface area contributed by atoms with Crippen LogP contribution in [0.1, 0.15) is 63.6 Å². The third-order valence-electron chi connectivity index (χ3n) is 9.44. The lowest BCUT2D eigenvalue weighted by Gasteiger charge is -2.30. The molecular formula is C48H42F2N2. The van der Waals surface area contributed by atoms with Gasteiger partial charge < -0.3 is 9.80 Å². The van der Waals surface area contributed by atoms with E-state index in [0.29, 0.717) is 33.5 Å². The van der Waals surface area contributed by atoms with Gasteiger partial charge in [0.15, 0.2) is 0 Å². The summed E-state index contributed by atoms with van der Waals surface area (Å²) in [5.41, 5.74) is 1.07. The summed E-state index contributed by atoms with van der Waals surface area (Å²) in [4.78, 5) is 3.29. The minimum atomic E-state index is -0.688. The molecule has 0 heterocycles. The molecule has 0 atom stereocenters. The monoisotopic (exact) mass is 692 g/mol. The van der Waals surface area contributed by atoms with Gasteiger partial charge in [0.05, 0.1) is 22.3 Å². The molecule has 0 saturated carbocycles. The van der Waals surface area contributed by atoms with E-state index in [1.54, 1.807) is 34.1 Å². The molecule has 8 aromatic carbocycles. The first kappa shape index (κ1) is 25.3. The van der Waals surface area contributed by atoms with Crippen molar-refractivity contribution in [1.82, 2.24) is 0 Å². The maximum atomic E-state index is 14.5. The zero-order chi connectivity index (χ0) is 43.3. The number of anilines is 6. The van der Waals surface area contributed by atoms with Crippen LogP contribution in [0.2, 0.25) is 0 Å². The van der Waals surface area contributed by atoms with Crippen LogP contribution in [0, 0.1) is 11.6 Å². The Morgan fingerprint density at radius 3 is 1.06 bits per heavy atom. The number of hydrogen-bond donors (Lipinski definition) is 0. The number of nitrogens with zero attached hydrogens (tertiary/aromatic N) is 2. The van der Waals surface area contributed by atoms with Crippen LogP contribution in [-0.4, -0.2) is 0 Å². The normalized spacial score (nSPS) is 14.4. The van der Waals surface area contributed by atoms with Crippen LogP contribution in [0.25, 0.3) is 32.3 Å². The average molecular weight is 693 g/mol. The molecule has 8 rings (SSSR count). The van der Waals surface area contributed by atoms with Gasteiger partial charge >= 0.3 is 0 Å². The van der Waals surface area contributed by atoms with Crippen molar-refractivity contribution in [3.8, 4) is 0 Å². The second-order valence-corrected chi connectivity index (χ2v) is 15.2. The molecule has 4 heteroatoms. The third kappa shape index (κ3) is 5.92. The van der Waals surface area contributed by atoms with Gasteiger partial charge in [-0.15, -0.1) is 0 Å². The summed E-state index contributed by atoms with van der Waals surface area (Å²) < 4.78 is 102. The summed E-state index contributed by atoms with van der Waals surface area (Å²) >= 11 is 0. The lowest BCUT2D eigenvalue weighted by molar-refractivity contribution is 0.590. The van der Waals surface area contributed by atoms with E-state index in [4.69, 9.17) is 5.48 Å². The molecule has 0 N–H and O–H groups in total. The number of benzene rings is 8. The van der Waals surface area contributed by atoms with Crippen LogP contribution < -0.4 is 9.80 Å². The molecule has 0 fully saturated rings. The van der Waals surface area contributed by atoms with Crippen molar-refractivity contribution in [3.63, 3.8) is 0 Å². The van der Waals surface area contributed by atoms with Crippen molar-refractivity contribution < 1.29 is 19.7 Å². The van der Waals surface area contributed by atoms with Crippen LogP contribution in [0.4, 0.5) is 42.9 Å². The molecule has 0 spiro atoms. The summed E-state index contributed by atoms with van der Waals surface area (Å²) in [7, 11) is 0. The molecule has 0 unspecified atom stereocenters. The zero-order valence-corrected chi connectivity index (χ0v) is 29.9. The largest absolute Gasteiger partial charge is 0.310 e. The lowest BCUT2D eigenvalue weighted by atomic mass is 9.87. The van der Waals surface area contributed by atoms with E-state index in [0.717, 1.165) is 21.5 Å². The van der Waals surface area contributed by atoms with E-state index in [1.165, 1.54) is 24.3 Å². The van der Waals surface area contributed by atoms with Crippen LogP contribution in [0.5, 0.6) is 0 Å². The van der Waals surface area contributed by atoms with E-state index >= 15 is 0 Å². The molecule has 0 bridgehead atoms. The Hall–Kier alpha value is -5.74. The Kier molecular flexibility index (Phi) is 6.06. The molecular weight excluding hydrogens is 643 g/mol. The van der Waals surface area contributed by atoms with Gasteiger partial charge in [-0.05, 0) is 128 Å². The molecule has 2 nitrogen and oxygen atoms in total. The number of rotatable bonds is 6. The van der Waals surface area contributed by atoms with Gasteiger partial charge in [-0.2, -0.15) is 0 Å². The highest BCUT2D eigenvalue weighted by molar-refractivity contribution is 6.28. The van der Waals surface area contributed by atoms with Crippen LogP contribution in [0.15, 0.2) is 145 Å². The van der Waals surface area contributed by atoms with Gasteiger partial charge in [-0.1, -0.05) is 102 Å². The van der Waals surface area contributed by atoms with E-state index < -0.39 is 22.5 Å². The maximum absolute atomic E-state index is 14.5. The first-order chi connectivity index (χ1) is 28.2. The Morgan fingerprint density at radius 1 is 0.404 bits per heavy atom. The van der Waals surface area contributed by atoms with Gasteiger partial charge in [0, 0.05) is 33.5 Å². The molecule has 0 aliphatic carbocycles. The highest BCUT2D eigenvalue weighted by atomic mass is 19.1. The van der Waals surface area contributed by atoms with Crippen LogP contribution in [-0.2, 0) is 10.8 Å². The minimum Gasteiger partial charge on any atom is -0.310 e. The second-order valence-electron chi connectivity index (χ2n) is 15.2. The summed E-state index contributed by atoms with van der Waals surface area (Å²) in [5.74, 6) is -0.963. The van der Waals surface area contributed by atoms with Crippen molar-refractivity contribution in [2.24, 2.45) is 0 Å². The third-order valence-corrected chi connectivity index (χ3v) is 9.44. The van der Waals surface area contributed by atoms with Crippen LogP contribution in [0.3, 0.4) is 0 Å². The molecule has 8 aromatic rings. The zero-order valence-electron chi connectivity index (χ0n) is 37.9. The van der Waals surface area contributed by atoms with Gasteiger partial charge in [0.1, 0.15) is 11.6 Å². The van der Waals surface area contributed by atoms with Crippen molar-refractivity contribution in [3.05, 3.63) is 168 Å². The van der Waals surface area contributed by atoms with Crippen molar-refractivity contribution >= 4 is 66.4 Å². The first-order valence-corrected chi connectivity index (χ1v) is 17.3. The van der Waals surface area contributed by atoms with Gasteiger partial charge in [-0.25, -0.2) is 8.78 Å². The Morgan fingerprint density at radius 2 is 0.731 bits per heavy atom. The topological polar surface area (TPSA) is 6.48 Å². The molecule has 52 heavy (non-hydrogen) atoms. The number of hydrogen-bond acceptors (Lipinski definition) is 2. The standard InChI is InChI=1S/C48H42F2N2/c1-47(2,3)33-11-19-37(20-12-33)51(39-23-15-35(49)16-24-39)43-29-9-31-8-28-42-44(30-10-32-7-27-41(43)45(31)46(32)42)52(40-25-17-36(50)18-26-40)38-21-13-34(14-22-38)48(4,5)6/h7-30H,1-6H3/i11D,12D,13D,14D,19D,20D,21D,22D. The summed E-state index contributed by atoms with van der Waals surface area (Å²) in [6, 6.07) is 24.9. The average Bonchev–Trinajstić information content (AvgIpc) is 3.19. The molecule has 0 aromatic heterocycles. The van der Waals surface area contributed by atoms with Gasteiger partial charge in [0.25, 0.3) is 0 Å². The molecule has 0 saturated heterocycles. The van der Waals surface area contributed by atoms with Crippen molar-refractivity contribution in [2.45, 2.75) is 52.4 Å². The van der Waals surface area contributed by atoms with E-state index in [-0.39, 0.29) is 70.8 Å². The Bertz CT molecular complexity index is 2750. The first-order valence-electron chi connectivity index (χ1n) is 21.3. The van der Waals surface area contributed by atoms with Gasteiger partial charge in [-0.3, -0.25) is 0 Å². The SMILES string of the molecule is [2H]c1c([2H])c(C(C)(C)C)c([2H])c([2H])c1N(c1ccc(F)cc1)c1ccc2ccc3c(N(c4ccc(F)cc4)c4c([2H])c([2H])c(C(C)(C)C)c([2H])c4[2H])ccc4ccc1c2c43. The fraction of sp³-hybridized carbons (Fsp3) is 0.167. The molecule has 0 aliphatic rings. The van der Waals surface area contributed by atoms with E-state index in [1.807, 2.05) is 90.1 Å². The fourth-order valence-electron chi connectivity index (χ4n) is 6.70. The predicted molar refractivity (Wildman–Crippen MR) is 217 cm³/mol. The quantitative estimate of drug-likeness (QED) is 0.160. The maximum Gasteiger partial charge on any atom is 0.123 e. The lowest BCUT2D eigenvalue weighted by Crippen LogP contribution is -2.14. The Balaban J connectivity index is 1.46. The van der Waals surface area contributed by atoms with Crippen LogP contribution >= 0.6 is 0 Å². The molecule has 0 amide bonds. The molecule has 0 radical (unpaired) electrons. The van der Waals surface area contributed by atoms with Crippen molar-refractivity contribution in [2.75, 3.05) is 9.80 Å². The highest BCUT2D eigenvalue weighted by Gasteiger charge is 2.23. The van der Waals surface area contributed by atoms with Gasteiger partial charge in [0.2, 0.25) is 0 Å². The molecule has 0 aliphatic heterocycles. The summed E-state index contributed by atoms with van der Waals surface area (Å²) in [6.07, 6.45) is 0. The Labute approximate surface area is 316 Å². The summed E-state index contributed by atoms with van der Waals surface area (Å²) in [5, 5.41) is 4.65. The predicted octanol–water partition coefficient (Wildman–Crippen LogP) is 14.4. The second kappa shape index (κ2) is 12.5. The highest BCUT2D eigenvalue weighted by Crippen LogP contribution is 2.47. The fourth-order valence-corrected chi connectivity index (χ4v) is 6.70. The van der Waals surface area contributed by atoms with E-state index in [9.17, 15) is 14.3 Å². The van der Waals surface area contributed by atoms with Crippen molar-refractivity contribution in [1.29, 1.82) is 0 Å². The van der Waals surface area contributed by atoms with E-state index in [2.05, 4.69) is 0 Å². The minimum absolute atomic E-state index is 0.00451. The molecule has 258 valence electrons. The smallest absolute Gasteiger partial charge is 0.123 e. The number of halogens is 2. The summed E-state index contributed by atoms with van der Waals surface area (Å²) in [6.45, 7) is 11.1.